The third-order valence-corrected chi connectivity index (χ3v) is 4.54. The Morgan fingerprint density at radius 2 is 1.96 bits per heavy atom. The Kier molecular flexibility index (Phi) is 2.31. The summed E-state index contributed by atoms with van der Waals surface area (Å²) in [5.41, 5.74) is 5.77. The molecular weight excluding hydrogens is 294 g/mol. The van der Waals surface area contributed by atoms with Crippen LogP contribution in [-0.4, -0.2) is 18.4 Å². The van der Waals surface area contributed by atoms with E-state index in [1.807, 2.05) is 42.5 Å². The second kappa shape index (κ2) is 4.25. The highest BCUT2D eigenvalue weighted by molar-refractivity contribution is 6.13. The number of carbonyl (C=O) groups is 1. The number of hydrogen-bond acceptors (Lipinski definition) is 5. The molecule has 3 aliphatic rings. The molecular formula is C17H13N3O3. The quantitative estimate of drug-likeness (QED) is 0.845. The lowest BCUT2D eigenvalue weighted by Crippen LogP contribution is -2.42. The normalized spacial score (nSPS) is 23.5. The van der Waals surface area contributed by atoms with Crippen molar-refractivity contribution in [3.05, 3.63) is 53.6 Å². The number of fused-ring (bicyclic) bond motifs is 3. The Hall–Kier alpha value is -3.02. The standard InChI is InChI=1S/C17H13N3O3/c21-16-17(11-3-1-2-4-12(11)18-16)8-13(19-20-17)10-5-6-14-15(7-10)23-9-22-14/h1-7,20H,8-9H2,(H,18,21)/t17-/m0/s1. The van der Waals surface area contributed by atoms with Gasteiger partial charge in [-0.1, -0.05) is 18.2 Å². The van der Waals surface area contributed by atoms with Gasteiger partial charge in [0.1, 0.15) is 0 Å². The Labute approximate surface area is 132 Å². The maximum absolute atomic E-state index is 12.5. The SMILES string of the molecule is O=C1Nc2ccccc2[C@@]12CC(c1ccc3c(c1)OCO3)=NN2. The first-order valence-electron chi connectivity index (χ1n) is 7.41. The summed E-state index contributed by atoms with van der Waals surface area (Å²) in [6, 6.07) is 13.4. The Bertz CT molecular complexity index is 877. The van der Waals surface area contributed by atoms with Crippen molar-refractivity contribution in [2.45, 2.75) is 12.0 Å². The Balaban J connectivity index is 1.52. The summed E-state index contributed by atoms with van der Waals surface area (Å²) >= 11 is 0. The first-order chi connectivity index (χ1) is 11.3. The number of carbonyl (C=O) groups excluding carboxylic acids is 1. The molecule has 3 aliphatic heterocycles. The van der Waals surface area contributed by atoms with Gasteiger partial charge in [-0.2, -0.15) is 5.10 Å². The molecule has 1 spiro atoms. The summed E-state index contributed by atoms with van der Waals surface area (Å²) in [5.74, 6) is 1.37. The molecule has 0 aliphatic carbocycles. The van der Waals surface area contributed by atoms with E-state index in [1.165, 1.54) is 0 Å². The fourth-order valence-corrected chi connectivity index (χ4v) is 3.34. The first-order valence-corrected chi connectivity index (χ1v) is 7.41. The van der Waals surface area contributed by atoms with Crippen LogP contribution in [0.5, 0.6) is 11.5 Å². The van der Waals surface area contributed by atoms with Crippen molar-refractivity contribution >= 4 is 17.3 Å². The van der Waals surface area contributed by atoms with E-state index in [1.54, 1.807) is 0 Å². The lowest BCUT2D eigenvalue weighted by Gasteiger charge is -2.20. The van der Waals surface area contributed by atoms with Crippen molar-refractivity contribution in [2.75, 3.05) is 12.1 Å². The lowest BCUT2D eigenvalue weighted by molar-refractivity contribution is -0.121. The van der Waals surface area contributed by atoms with Crippen LogP contribution in [0.15, 0.2) is 47.6 Å². The number of para-hydroxylation sites is 1. The highest BCUT2D eigenvalue weighted by atomic mass is 16.7. The molecule has 23 heavy (non-hydrogen) atoms. The molecule has 0 radical (unpaired) electrons. The van der Waals surface area contributed by atoms with Gasteiger partial charge in [0, 0.05) is 23.2 Å². The Morgan fingerprint density at radius 3 is 2.91 bits per heavy atom. The molecule has 1 amide bonds. The monoisotopic (exact) mass is 307 g/mol. The molecule has 2 N–H and O–H groups in total. The first kappa shape index (κ1) is 12.5. The fraction of sp³-hybridized carbons (Fsp3) is 0.176. The highest BCUT2D eigenvalue weighted by Gasteiger charge is 2.50. The predicted octanol–water partition coefficient (Wildman–Crippen LogP) is 1.96. The van der Waals surface area contributed by atoms with Crippen molar-refractivity contribution in [1.29, 1.82) is 0 Å². The number of benzene rings is 2. The molecule has 2 aromatic carbocycles. The third kappa shape index (κ3) is 1.63. The van der Waals surface area contributed by atoms with Crippen LogP contribution in [0.2, 0.25) is 0 Å². The summed E-state index contributed by atoms with van der Waals surface area (Å²) in [5, 5.41) is 7.35. The van der Waals surface area contributed by atoms with Crippen LogP contribution in [-0.2, 0) is 10.3 Å². The van der Waals surface area contributed by atoms with E-state index in [2.05, 4.69) is 15.8 Å². The molecule has 0 saturated heterocycles. The zero-order valence-corrected chi connectivity index (χ0v) is 12.1. The summed E-state index contributed by atoms with van der Waals surface area (Å²) in [6.07, 6.45) is 0.496. The van der Waals surface area contributed by atoms with Crippen molar-refractivity contribution < 1.29 is 14.3 Å². The van der Waals surface area contributed by atoms with Crippen LogP contribution < -0.4 is 20.2 Å². The van der Waals surface area contributed by atoms with E-state index in [0.29, 0.717) is 12.2 Å². The molecule has 0 unspecified atom stereocenters. The summed E-state index contributed by atoms with van der Waals surface area (Å²) in [4.78, 5) is 12.5. The van der Waals surface area contributed by atoms with Gasteiger partial charge in [-0.25, -0.2) is 0 Å². The number of ether oxygens (including phenoxy) is 2. The maximum Gasteiger partial charge on any atom is 0.256 e. The molecule has 114 valence electrons. The molecule has 6 heteroatoms. The molecule has 5 rings (SSSR count). The summed E-state index contributed by atoms with van der Waals surface area (Å²) in [7, 11) is 0. The zero-order valence-electron chi connectivity index (χ0n) is 12.1. The van der Waals surface area contributed by atoms with E-state index in [0.717, 1.165) is 28.3 Å². The van der Waals surface area contributed by atoms with Gasteiger partial charge in [0.05, 0.1) is 5.71 Å². The van der Waals surface area contributed by atoms with Gasteiger partial charge in [-0.05, 0) is 24.3 Å². The van der Waals surface area contributed by atoms with Gasteiger partial charge >= 0.3 is 0 Å². The number of hydrazone groups is 1. The second-order valence-corrected chi connectivity index (χ2v) is 5.82. The number of rotatable bonds is 1. The van der Waals surface area contributed by atoms with Gasteiger partial charge in [-0.15, -0.1) is 0 Å². The molecule has 0 fully saturated rings. The smallest absolute Gasteiger partial charge is 0.256 e. The average Bonchev–Trinajstić information content (AvgIpc) is 3.27. The van der Waals surface area contributed by atoms with E-state index < -0.39 is 5.54 Å². The van der Waals surface area contributed by atoms with E-state index in [4.69, 9.17) is 9.47 Å². The van der Waals surface area contributed by atoms with Crippen LogP contribution in [0, 0.1) is 0 Å². The van der Waals surface area contributed by atoms with Crippen LogP contribution in [0.3, 0.4) is 0 Å². The maximum atomic E-state index is 12.5. The van der Waals surface area contributed by atoms with E-state index in [-0.39, 0.29) is 12.7 Å². The minimum absolute atomic E-state index is 0.0711. The van der Waals surface area contributed by atoms with Gasteiger partial charge in [-0.3, -0.25) is 10.2 Å². The van der Waals surface area contributed by atoms with Crippen LogP contribution in [0.4, 0.5) is 5.69 Å². The Morgan fingerprint density at radius 1 is 1.09 bits per heavy atom. The number of nitrogens with one attached hydrogen (secondary N) is 2. The van der Waals surface area contributed by atoms with Crippen molar-refractivity contribution in [3.63, 3.8) is 0 Å². The van der Waals surface area contributed by atoms with Gasteiger partial charge in [0.15, 0.2) is 17.0 Å². The van der Waals surface area contributed by atoms with Gasteiger partial charge in [0.2, 0.25) is 6.79 Å². The molecule has 0 saturated carbocycles. The molecule has 6 nitrogen and oxygen atoms in total. The number of hydrogen-bond donors (Lipinski definition) is 2. The number of nitrogens with zero attached hydrogens (tertiary/aromatic N) is 1. The molecule has 0 aromatic heterocycles. The van der Waals surface area contributed by atoms with Crippen molar-refractivity contribution in [1.82, 2.24) is 5.43 Å². The molecule has 0 bridgehead atoms. The van der Waals surface area contributed by atoms with Crippen LogP contribution >= 0.6 is 0 Å². The minimum atomic E-state index is -0.817. The molecule has 3 heterocycles. The van der Waals surface area contributed by atoms with Crippen LogP contribution in [0.25, 0.3) is 0 Å². The van der Waals surface area contributed by atoms with Crippen molar-refractivity contribution in [2.24, 2.45) is 5.10 Å². The predicted molar refractivity (Wildman–Crippen MR) is 83.6 cm³/mol. The summed E-state index contributed by atoms with van der Waals surface area (Å²) in [6.45, 7) is 0.239. The molecule has 1 atom stereocenters. The highest BCUT2D eigenvalue weighted by Crippen LogP contribution is 2.42. The lowest BCUT2D eigenvalue weighted by atomic mass is 9.86. The van der Waals surface area contributed by atoms with E-state index in [9.17, 15) is 4.79 Å². The van der Waals surface area contributed by atoms with Gasteiger partial charge in [0.25, 0.3) is 5.91 Å². The largest absolute Gasteiger partial charge is 0.454 e. The number of anilines is 1. The molecule has 2 aromatic rings. The fourth-order valence-electron chi connectivity index (χ4n) is 3.34. The van der Waals surface area contributed by atoms with Crippen molar-refractivity contribution in [3.8, 4) is 11.5 Å². The second-order valence-electron chi connectivity index (χ2n) is 5.82. The average molecular weight is 307 g/mol. The minimum Gasteiger partial charge on any atom is -0.454 e. The topological polar surface area (TPSA) is 72.0 Å². The summed E-state index contributed by atoms with van der Waals surface area (Å²) < 4.78 is 10.7. The third-order valence-electron chi connectivity index (χ3n) is 4.54. The zero-order chi connectivity index (χ0) is 15.4. The van der Waals surface area contributed by atoms with E-state index >= 15 is 0 Å². The van der Waals surface area contributed by atoms with Gasteiger partial charge < -0.3 is 14.8 Å². The van der Waals surface area contributed by atoms with Crippen LogP contribution in [0.1, 0.15) is 17.5 Å². The number of amides is 1.